The van der Waals surface area contributed by atoms with Crippen LogP contribution in [-0.4, -0.2) is 4.55 Å². The normalized spacial score (nSPS) is 6.25. The molecule has 0 heterocycles. The standard InChI is InChI=1S/C2H3OS/c1-2-4-3/h3H,1H2/q-1. The molecule has 0 aliphatic carbocycles. The Bertz CT molecular complexity index is 20.0. The van der Waals surface area contributed by atoms with E-state index in [4.69, 9.17) is 4.55 Å². The third kappa shape index (κ3) is 2.05. The van der Waals surface area contributed by atoms with Crippen molar-refractivity contribution in [2.75, 3.05) is 0 Å². The molecule has 0 aromatic heterocycles. The monoisotopic (exact) mass is 75.0 g/mol. The summed E-state index contributed by atoms with van der Waals surface area (Å²) >= 11 is 0.495. The Morgan fingerprint density at radius 3 is 2.25 bits per heavy atom. The zero-order valence-electron chi connectivity index (χ0n) is 2.06. The molecule has 1 nitrogen and oxygen atoms in total. The fraction of sp³-hybridized carbons (Fsp3) is 0. The highest BCUT2D eigenvalue weighted by molar-refractivity contribution is 7.95. The fourth-order valence-electron chi connectivity index (χ4n) is 0. The van der Waals surface area contributed by atoms with Gasteiger partial charge in [0.25, 0.3) is 0 Å². The zero-order valence-corrected chi connectivity index (χ0v) is 2.88. The van der Waals surface area contributed by atoms with Crippen LogP contribution in [0.4, 0.5) is 0 Å². The molecular formula is C2H3OS-. The first-order valence-electron chi connectivity index (χ1n) is 0.740. The molecule has 0 saturated carbocycles. The van der Waals surface area contributed by atoms with Crippen molar-refractivity contribution in [2.45, 2.75) is 0 Å². The minimum atomic E-state index is 0.495. The summed E-state index contributed by atoms with van der Waals surface area (Å²) < 4.78 is 7.62. The van der Waals surface area contributed by atoms with Crippen LogP contribution in [0.2, 0.25) is 0 Å². The Hall–Kier alpha value is 0.0500. The van der Waals surface area contributed by atoms with Crippen LogP contribution in [0.1, 0.15) is 0 Å². The summed E-state index contributed by atoms with van der Waals surface area (Å²) in [5.74, 6) is 0. The smallest absolute Gasteiger partial charge is 0.205 e. The molecule has 0 saturated heterocycles. The molecule has 0 radical (unpaired) electrons. The highest BCUT2D eigenvalue weighted by Gasteiger charge is 1.21. The molecule has 0 aromatic rings. The molecule has 4 heavy (non-hydrogen) atoms. The van der Waals surface area contributed by atoms with Crippen LogP contribution in [0, 0.1) is 5.41 Å². The first-order valence-corrected chi connectivity index (χ1v) is 1.51. The van der Waals surface area contributed by atoms with Gasteiger partial charge < -0.3 is 9.96 Å². The van der Waals surface area contributed by atoms with Gasteiger partial charge >= 0.3 is 0 Å². The number of rotatable bonds is 1. The lowest BCUT2D eigenvalue weighted by Crippen LogP contribution is -1.30. The predicted molar refractivity (Wildman–Crippen MR) is 19.1 cm³/mol. The van der Waals surface area contributed by atoms with Gasteiger partial charge in [0.2, 0.25) is 0 Å². The third-order valence-corrected chi connectivity index (χ3v) is 0.194. The molecule has 0 aliphatic rings. The largest absolute Gasteiger partial charge is 0.411 e. The van der Waals surface area contributed by atoms with Gasteiger partial charge in [0.1, 0.15) is 0 Å². The lowest BCUT2D eigenvalue weighted by atomic mass is 11.3. The van der Waals surface area contributed by atoms with Crippen molar-refractivity contribution >= 4 is 12.0 Å². The van der Waals surface area contributed by atoms with Crippen molar-refractivity contribution in [3.05, 3.63) is 12.0 Å². The lowest BCUT2D eigenvalue weighted by Gasteiger charge is -1.82. The predicted octanol–water partition coefficient (Wildman–Crippen LogP) is 1.14. The van der Waals surface area contributed by atoms with Crippen LogP contribution in [-0.2, 0) is 0 Å². The molecular weight excluding hydrogens is 72.1 g/mol. The Morgan fingerprint density at radius 2 is 2.25 bits per heavy atom. The summed E-state index contributed by atoms with van der Waals surface area (Å²) in [4.78, 5) is 0. The molecule has 0 unspecified atom stereocenters. The molecule has 2 heteroatoms. The van der Waals surface area contributed by atoms with E-state index in [0.29, 0.717) is 12.0 Å². The maximum Gasteiger partial charge on any atom is -0.205 e. The minimum Gasteiger partial charge on any atom is -0.411 e. The summed E-state index contributed by atoms with van der Waals surface area (Å²) in [6.45, 7) is 3.07. The van der Waals surface area contributed by atoms with E-state index >= 15 is 0 Å². The molecule has 0 amide bonds. The summed E-state index contributed by atoms with van der Waals surface area (Å²) in [6, 6.07) is 0. The molecule has 0 atom stereocenters. The fourth-order valence-corrected chi connectivity index (χ4v) is 0. The van der Waals surface area contributed by atoms with E-state index in [1.54, 1.807) is 0 Å². The van der Waals surface area contributed by atoms with E-state index in [0.717, 1.165) is 0 Å². The van der Waals surface area contributed by atoms with Gasteiger partial charge in [-0.25, -0.2) is 12.0 Å². The van der Waals surface area contributed by atoms with Gasteiger partial charge in [-0.05, 0) is 0 Å². The van der Waals surface area contributed by atoms with Crippen molar-refractivity contribution in [1.29, 1.82) is 0 Å². The Balaban J connectivity index is 2.30. The van der Waals surface area contributed by atoms with Crippen LogP contribution < -0.4 is 0 Å². The van der Waals surface area contributed by atoms with Crippen molar-refractivity contribution in [2.24, 2.45) is 0 Å². The Kier molecular flexibility index (Phi) is 3.09. The first kappa shape index (κ1) is 4.05. The van der Waals surface area contributed by atoms with E-state index < -0.39 is 0 Å². The van der Waals surface area contributed by atoms with Crippen molar-refractivity contribution < 1.29 is 4.55 Å². The molecule has 0 bridgehead atoms. The van der Waals surface area contributed by atoms with E-state index in [2.05, 4.69) is 12.0 Å². The summed E-state index contributed by atoms with van der Waals surface area (Å²) in [7, 11) is 0. The summed E-state index contributed by atoms with van der Waals surface area (Å²) in [6.07, 6.45) is 0. The summed E-state index contributed by atoms with van der Waals surface area (Å²) in [5, 5.41) is 2.15. The minimum absolute atomic E-state index is 0.495. The molecule has 0 fully saturated rings. The average molecular weight is 75.1 g/mol. The molecule has 0 rings (SSSR count). The van der Waals surface area contributed by atoms with E-state index in [1.165, 1.54) is 0 Å². The average Bonchev–Trinajstić information content (AvgIpc) is 1.37. The van der Waals surface area contributed by atoms with E-state index in [1.807, 2.05) is 0 Å². The third-order valence-electron chi connectivity index (χ3n) is 0.0645. The second-order valence-corrected chi connectivity index (χ2v) is 0.707. The van der Waals surface area contributed by atoms with Gasteiger partial charge in [0.05, 0.1) is 0 Å². The molecule has 0 aromatic carbocycles. The lowest BCUT2D eigenvalue weighted by molar-refractivity contribution is 0.670. The van der Waals surface area contributed by atoms with Crippen LogP contribution in [0.25, 0.3) is 0 Å². The first-order chi connectivity index (χ1) is 1.91. The SMILES string of the molecule is C=[C-]SO. The van der Waals surface area contributed by atoms with Gasteiger partial charge in [-0.15, -0.1) is 0 Å². The molecule has 1 N–H and O–H groups in total. The van der Waals surface area contributed by atoms with Crippen molar-refractivity contribution in [3.63, 3.8) is 0 Å². The van der Waals surface area contributed by atoms with Crippen LogP contribution in [0.15, 0.2) is 6.58 Å². The van der Waals surface area contributed by atoms with Crippen LogP contribution >= 0.6 is 12.0 Å². The molecule has 24 valence electrons. The maximum atomic E-state index is 7.62. The van der Waals surface area contributed by atoms with Gasteiger partial charge in [-0.3, -0.25) is 6.58 Å². The van der Waals surface area contributed by atoms with Crippen LogP contribution in [0.5, 0.6) is 0 Å². The zero-order chi connectivity index (χ0) is 3.41. The molecule has 0 aliphatic heterocycles. The van der Waals surface area contributed by atoms with Gasteiger partial charge in [0, 0.05) is 0 Å². The topological polar surface area (TPSA) is 20.2 Å². The van der Waals surface area contributed by atoms with Crippen molar-refractivity contribution in [1.82, 2.24) is 0 Å². The van der Waals surface area contributed by atoms with E-state index in [9.17, 15) is 0 Å². The quantitative estimate of drug-likeness (QED) is 0.372. The Labute approximate surface area is 29.5 Å². The van der Waals surface area contributed by atoms with Gasteiger partial charge in [-0.1, -0.05) is 0 Å². The highest BCUT2D eigenvalue weighted by atomic mass is 32.2. The summed E-state index contributed by atoms with van der Waals surface area (Å²) in [5.41, 5.74) is 0. The number of hydrogen-bond donors (Lipinski definition) is 1. The van der Waals surface area contributed by atoms with Gasteiger partial charge in [0.15, 0.2) is 0 Å². The van der Waals surface area contributed by atoms with Gasteiger partial charge in [-0.2, -0.15) is 0 Å². The second-order valence-electron chi connectivity index (χ2n) is 0.236. The van der Waals surface area contributed by atoms with Crippen LogP contribution in [0.3, 0.4) is 0 Å². The number of hydrogen-bond acceptors (Lipinski definition) is 2. The van der Waals surface area contributed by atoms with E-state index in [-0.39, 0.29) is 0 Å². The van der Waals surface area contributed by atoms with Crippen molar-refractivity contribution in [3.8, 4) is 0 Å². The highest BCUT2D eigenvalue weighted by Crippen LogP contribution is 1.82. The molecule has 0 spiro atoms. The second kappa shape index (κ2) is 3.05. The Morgan fingerprint density at radius 1 is 2.00 bits per heavy atom. The maximum absolute atomic E-state index is 7.62.